The Balaban J connectivity index is 1.50. The molecule has 5 heteroatoms. The minimum atomic E-state index is 0.280. The summed E-state index contributed by atoms with van der Waals surface area (Å²) in [6, 6.07) is 14.5. The van der Waals surface area contributed by atoms with Gasteiger partial charge in [0.25, 0.3) is 0 Å². The van der Waals surface area contributed by atoms with E-state index >= 15 is 0 Å². The summed E-state index contributed by atoms with van der Waals surface area (Å²) in [5.74, 6) is 2.14. The summed E-state index contributed by atoms with van der Waals surface area (Å²) in [6.07, 6.45) is 1.78. The number of nitrogens with zero attached hydrogens (tertiary/aromatic N) is 4. The van der Waals surface area contributed by atoms with Crippen LogP contribution < -0.4 is 0 Å². The molecule has 1 aromatic carbocycles. The number of hydrogen-bond acceptors (Lipinski definition) is 5. The molecule has 0 radical (unpaired) electrons. The maximum atomic E-state index is 5.61. The Morgan fingerprint density at radius 2 is 1.96 bits per heavy atom. The summed E-state index contributed by atoms with van der Waals surface area (Å²) >= 11 is 0. The van der Waals surface area contributed by atoms with Crippen molar-refractivity contribution in [2.24, 2.45) is 5.92 Å². The van der Waals surface area contributed by atoms with Crippen molar-refractivity contribution in [1.82, 2.24) is 20.0 Å². The lowest BCUT2D eigenvalue weighted by Crippen LogP contribution is -2.20. The highest BCUT2D eigenvalue weighted by Crippen LogP contribution is 2.33. The van der Waals surface area contributed by atoms with Gasteiger partial charge in [0.05, 0.1) is 5.92 Å². The van der Waals surface area contributed by atoms with Crippen molar-refractivity contribution in [3.05, 3.63) is 65.8 Å². The summed E-state index contributed by atoms with van der Waals surface area (Å²) in [5, 5.41) is 4.19. The van der Waals surface area contributed by atoms with Gasteiger partial charge in [-0.1, -0.05) is 42.4 Å². The van der Waals surface area contributed by atoms with Crippen LogP contribution >= 0.6 is 0 Å². The molecule has 0 saturated carbocycles. The maximum absolute atomic E-state index is 5.61. The minimum absolute atomic E-state index is 0.280. The molecular formula is C20H22N4O. The van der Waals surface area contributed by atoms with E-state index in [0.717, 1.165) is 36.8 Å². The summed E-state index contributed by atoms with van der Waals surface area (Å²) in [6.45, 7) is 7.18. The van der Waals surface area contributed by atoms with Crippen LogP contribution in [0.5, 0.6) is 0 Å². The molecule has 2 aromatic heterocycles. The lowest BCUT2D eigenvalue weighted by atomic mass is 9.98. The van der Waals surface area contributed by atoms with Gasteiger partial charge in [0.15, 0.2) is 0 Å². The van der Waals surface area contributed by atoms with Crippen molar-refractivity contribution in [3.8, 4) is 11.4 Å². The number of aryl methyl sites for hydroxylation is 1. The maximum Gasteiger partial charge on any atom is 0.231 e. The van der Waals surface area contributed by atoms with Gasteiger partial charge in [-0.3, -0.25) is 9.88 Å². The summed E-state index contributed by atoms with van der Waals surface area (Å²) < 4.78 is 5.61. The van der Waals surface area contributed by atoms with Crippen LogP contribution in [0.25, 0.3) is 11.4 Å². The van der Waals surface area contributed by atoms with Crippen molar-refractivity contribution in [2.45, 2.75) is 26.3 Å². The zero-order valence-corrected chi connectivity index (χ0v) is 14.6. The molecule has 0 bridgehead atoms. The predicted octanol–water partition coefficient (Wildman–Crippen LogP) is 3.68. The van der Waals surface area contributed by atoms with E-state index in [2.05, 4.69) is 57.3 Å². The number of pyridine rings is 1. The molecule has 1 fully saturated rings. The van der Waals surface area contributed by atoms with Gasteiger partial charge in [-0.2, -0.15) is 4.98 Å². The Hall–Kier alpha value is -2.53. The van der Waals surface area contributed by atoms with Gasteiger partial charge in [0.1, 0.15) is 0 Å². The van der Waals surface area contributed by atoms with Gasteiger partial charge in [-0.15, -0.1) is 0 Å². The van der Waals surface area contributed by atoms with Crippen LogP contribution in [0.4, 0.5) is 0 Å². The molecule has 1 aliphatic rings. The minimum Gasteiger partial charge on any atom is -0.339 e. The summed E-state index contributed by atoms with van der Waals surface area (Å²) in [5.41, 5.74) is 3.19. The molecule has 3 heterocycles. The first kappa shape index (κ1) is 16.0. The molecule has 1 saturated heterocycles. The van der Waals surface area contributed by atoms with Gasteiger partial charge in [-0.25, -0.2) is 0 Å². The Morgan fingerprint density at radius 1 is 1.12 bits per heavy atom. The Labute approximate surface area is 147 Å². The van der Waals surface area contributed by atoms with Crippen molar-refractivity contribution in [2.75, 3.05) is 13.1 Å². The molecule has 3 aromatic rings. The molecule has 1 aliphatic heterocycles. The quantitative estimate of drug-likeness (QED) is 0.728. The van der Waals surface area contributed by atoms with Crippen LogP contribution in [0, 0.1) is 12.8 Å². The Bertz CT molecular complexity index is 846. The number of rotatable bonds is 4. The number of benzene rings is 1. The van der Waals surface area contributed by atoms with Gasteiger partial charge >= 0.3 is 0 Å². The third kappa shape index (κ3) is 3.33. The molecule has 5 nitrogen and oxygen atoms in total. The van der Waals surface area contributed by atoms with Crippen molar-refractivity contribution in [1.29, 1.82) is 0 Å². The first-order valence-electron chi connectivity index (χ1n) is 8.72. The largest absolute Gasteiger partial charge is 0.339 e. The van der Waals surface area contributed by atoms with E-state index in [1.807, 2.05) is 19.1 Å². The average molecular weight is 334 g/mol. The summed E-state index contributed by atoms with van der Waals surface area (Å²) in [7, 11) is 0. The molecule has 0 N–H and O–H groups in total. The van der Waals surface area contributed by atoms with E-state index in [9.17, 15) is 0 Å². The fourth-order valence-electron chi connectivity index (χ4n) is 3.58. The highest BCUT2D eigenvalue weighted by Gasteiger charge is 2.34. The van der Waals surface area contributed by atoms with Crippen LogP contribution in [0.15, 0.2) is 53.2 Å². The molecule has 0 aliphatic carbocycles. The van der Waals surface area contributed by atoms with E-state index in [0.29, 0.717) is 11.7 Å². The van der Waals surface area contributed by atoms with Gasteiger partial charge in [-0.05, 0) is 30.5 Å². The number of likely N-dealkylation sites (tertiary alicyclic amines) is 1. The van der Waals surface area contributed by atoms with Crippen LogP contribution in [-0.2, 0) is 6.54 Å². The number of hydrogen-bond donors (Lipinski definition) is 0. The second-order valence-corrected chi connectivity index (χ2v) is 6.86. The van der Waals surface area contributed by atoms with Crippen LogP contribution in [0.3, 0.4) is 0 Å². The lowest BCUT2D eigenvalue weighted by molar-refractivity contribution is 0.309. The highest BCUT2D eigenvalue weighted by atomic mass is 16.5. The number of aromatic nitrogens is 3. The van der Waals surface area contributed by atoms with E-state index in [1.54, 1.807) is 6.20 Å². The second-order valence-electron chi connectivity index (χ2n) is 6.86. The van der Waals surface area contributed by atoms with Crippen molar-refractivity contribution in [3.63, 3.8) is 0 Å². The topological polar surface area (TPSA) is 55.1 Å². The van der Waals surface area contributed by atoms with Crippen molar-refractivity contribution < 1.29 is 4.52 Å². The first-order valence-corrected chi connectivity index (χ1v) is 8.72. The van der Waals surface area contributed by atoms with Crippen LogP contribution in [0.2, 0.25) is 0 Å². The van der Waals surface area contributed by atoms with Crippen LogP contribution in [-0.4, -0.2) is 33.1 Å². The van der Waals surface area contributed by atoms with E-state index < -0.39 is 0 Å². The monoisotopic (exact) mass is 334 g/mol. The first-order chi connectivity index (χ1) is 12.2. The SMILES string of the molecule is Cc1ncccc1-c1noc([C@@H]2CN(Cc3ccccc3)C[C@H]2C)n1. The summed E-state index contributed by atoms with van der Waals surface area (Å²) in [4.78, 5) is 11.4. The lowest BCUT2D eigenvalue weighted by Gasteiger charge is -2.15. The van der Waals surface area contributed by atoms with Crippen LogP contribution in [0.1, 0.15) is 30.0 Å². The van der Waals surface area contributed by atoms with E-state index in [-0.39, 0.29) is 5.92 Å². The van der Waals surface area contributed by atoms with E-state index in [4.69, 9.17) is 4.52 Å². The molecule has 4 rings (SSSR count). The third-order valence-electron chi connectivity index (χ3n) is 4.94. The predicted molar refractivity (Wildman–Crippen MR) is 95.9 cm³/mol. The molecular weight excluding hydrogens is 312 g/mol. The van der Waals surface area contributed by atoms with Gasteiger partial charge in [0, 0.05) is 37.1 Å². The Kier molecular flexibility index (Phi) is 4.32. The molecule has 0 spiro atoms. The van der Waals surface area contributed by atoms with Gasteiger partial charge < -0.3 is 4.52 Å². The van der Waals surface area contributed by atoms with Crippen molar-refractivity contribution >= 4 is 0 Å². The fraction of sp³-hybridized carbons (Fsp3) is 0.350. The normalized spacial score (nSPS) is 20.9. The Morgan fingerprint density at radius 3 is 2.76 bits per heavy atom. The smallest absolute Gasteiger partial charge is 0.231 e. The molecule has 128 valence electrons. The molecule has 0 unspecified atom stereocenters. The van der Waals surface area contributed by atoms with E-state index in [1.165, 1.54) is 5.56 Å². The average Bonchev–Trinajstić information content (AvgIpc) is 3.23. The fourth-order valence-corrected chi connectivity index (χ4v) is 3.58. The standard InChI is InChI=1S/C20H22N4O/c1-14-11-24(12-16-7-4-3-5-8-16)13-18(14)20-22-19(23-25-20)17-9-6-10-21-15(17)2/h3-10,14,18H,11-13H2,1-2H3/t14-,18-/m1/s1. The zero-order chi connectivity index (χ0) is 17.2. The second kappa shape index (κ2) is 6.76. The third-order valence-corrected chi connectivity index (χ3v) is 4.94. The zero-order valence-electron chi connectivity index (χ0n) is 14.6. The molecule has 25 heavy (non-hydrogen) atoms. The molecule has 2 atom stereocenters. The highest BCUT2D eigenvalue weighted by molar-refractivity contribution is 5.56. The van der Waals surface area contributed by atoms with Gasteiger partial charge in [0.2, 0.25) is 11.7 Å². The molecule has 0 amide bonds.